The maximum absolute atomic E-state index is 12.4. The zero-order valence-corrected chi connectivity index (χ0v) is 17.4. The highest BCUT2D eigenvalue weighted by atomic mass is 28.4. The second kappa shape index (κ2) is 8.18. The van der Waals surface area contributed by atoms with Gasteiger partial charge in [-0.15, -0.1) is 0 Å². The Hall–Kier alpha value is -1.25. The van der Waals surface area contributed by atoms with Crippen molar-refractivity contribution in [3.63, 3.8) is 0 Å². The molecule has 0 saturated carbocycles. The van der Waals surface area contributed by atoms with Gasteiger partial charge in [-0.3, -0.25) is 0 Å². The van der Waals surface area contributed by atoms with Crippen LogP contribution in [0.2, 0.25) is 18.1 Å². The Morgan fingerprint density at radius 2 is 1.85 bits per heavy atom. The van der Waals surface area contributed by atoms with Gasteiger partial charge in [0.15, 0.2) is 20.7 Å². The van der Waals surface area contributed by atoms with E-state index in [2.05, 4.69) is 33.9 Å². The van der Waals surface area contributed by atoms with E-state index >= 15 is 0 Å². The van der Waals surface area contributed by atoms with Crippen LogP contribution in [-0.4, -0.2) is 57.7 Å². The number of esters is 1. The molecule has 6 nitrogen and oxygen atoms in total. The standard InChI is InChI=1S/C19H30O6Si/c1-19(2,3)26(5,6)23-12-14-16(15(20)18(22-4)24-14)25-17(21)13-10-8-7-9-11-13/h7-11,14-16,18,20H,12H2,1-6H3/t14-,15-,16-,18+/m1/s1. The Morgan fingerprint density at radius 1 is 1.23 bits per heavy atom. The molecule has 2 rings (SSSR count). The summed E-state index contributed by atoms with van der Waals surface area (Å²) in [5.74, 6) is -0.507. The molecule has 1 heterocycles. The van der Waals surface area contributed by atoms with Gasteiger partial charge in [-0.05, 0) is 30.3 Å². The molecule has 146 valence electrons. The first-order valence-corrected chi connectivity index (χ1v) is 11.7. The minimum absolute atomic E-state index is 0.0427. The Balaban J connectivity index is 2.09. The van der Waals surface area contributed by atoms with E-state index in [1.807, 2.05) is 6.07 Å². The van der Waals surface area contributed by atoms with Crippen molar-refractivity contribution in [3.05, 3.63) is 35.9 Å². The van der Waals surface area contributed by atoms with Crippen molar-refractivity contribution >= 4 is 14.3 Å². The van der Waals surface area contributed by atoms with Gasteiger partial charge in [-0.25, -0.2) is 4.79 Å². The average Bonchev–Trinajstić information content (AvgIpc) is 2.88. The molecule has 26 heavy (non-hydrogen) atoms. The van der Waals surface area contributed by atoms with Crippen LogP contribution >= 0.6 is 0 Å². The highest BCUT2D eigenvalue weighted by Gasteiger charge is 2.48. The van der Waals surface area contributed by atoms with Crippen LogP contribution in [0.4, 0.5) is 0 Å². The van der Waals surface area contributed by atoms with Gasteiger partial charge in [-0.1, -0.05) is 39.0 Å². The number of benzene rings is 1. The third kappa shape index (κ3) is 4.72. The molecule has 0 amide bonds. The molecule has 0 unspecified atom stereocenters. The lowest BCUT2D eigenvalue weighted by atomic mass is 10.1. The van der Waals surface area contributed by atoms with Gasteiger partial charge < -0.3 is 23.7 Å². The number of carbonyl (C=O) groups excluding carboxylic acids is 1. The number of rotatable bonds is 6. The van der Waals surface area contributed by atoms with Gasteiger partial charge in [0, 0.05) is 7.11 Å². The Labute approximate surface area is 156 Å². The Bertz CT molecular complexity index is 598. The first-order valence-electron chi connectivity index (χ1n) is 8.83. The van der Waals surface area contributed by atoms with E-state index in [9.17, 15) is 9.90 Å². The molecule has 1 saturated heterocycles. The molecule has 1 aromatic rings. The number of hydrogen-bond donors (Lipinski definition) is 1. The topological polar surface area (TPSA) is 74.2 Å². The molecule has 4 atom stereocenters. The number of aliphatic hydroxyl groups excluding tert-OH is 1. The lowest BCUT2D eigenvalue weighted by molar-refractivity contribution is -0.152. The van der Waals surface area contributed by atoms with E-state index < -0.39 is 38.9 Å². The van der Waals surface area contributed by atoms with Crippen LogP contribution in [0.3, 0.4) is 0 Å². The quantitative estimate of drug-likeness (QED) is 0.602. The minimum Gasteiger partial charge on any atom is -0.453 e. The summed E-state index contributed by atoms with van der Waals surface area (Å²) in [7, 11) is -0.558. The van der Waals surface area contributed by atoms with Gasteiger partial charge in [-0.2, -0.15) is 0 Å². The first kappa shape index (κ1) is 21.1. The smallest absolute Gasteiger partial charge is 0.338 e. The summed E-state index contributed by atoms with van der Waals surface area (Å²) in [6.45, 7) is 11.0. The van der Waals surface area contributed by atoms with Crippen LogP contribution in [0.1, 0.15) is 31.1 Å². The summed E-state index contributed by atoms with van der Waals surface area (Å²) in [5.41, 5.74) is 0.421. The van der Waals surface area contributed by atoms with Crippen molar-refractivity contribution in [2.24, 2.45) is 0 Å². The van der Waals surface area contributed by atoms with Gasteiger partial charge in [0.1, 0.15) is 12.2 Å². The number of aliphatic hydroxyl groups is 1. The van der Waals surface area contributed by atoms with E-state index in [0.717, 1.165) is 0 Å². The van der Waals surface area contributed by atoms with Crippen LogP contribution in [0.5, 0.6) is 0 Å². The molecule has 1 aliphatic rings. The highest BCUT2D eigenvalue weighted by Crippen LogP contribution is 2.37. The second-order valence-corrected chi connectivity index (χ2v) is 12.9. The molecule has 0 aromatic heterocycles. The van der Waals surface area contributed by atoms with E-state index in [0.29, 0.717) is 5.56 Å². The largest absolute Gasteiger partial charge is 0.453 e. The zero-order chi connectivity index (χ0) is 19.5. The third-order valence-electron chi connectivity index (χ3n) is 5.19. The summed E-state index contributed by atoms with van der Waals surface area (Å²) in [5, 5.41) is 10.5. The molecule has 1 aliphatic heterocycles. The summed E-state index contributed by atoms with van der Waals surface area (Å²) in [6, 6.07) is 8.67. The van der Waals surface area contributed by atoms with Gasteiger partial charge in [0.25, 0.3) is 0 Å². The fourth-order valence-electron chi connectivity index (χ4n) is 2.45. The Morgan fingerprint density at radius 3 is 2.38 bits per heavy atom. The summed E-state index contributed by atoms with van der Waals surface area (Å²) >= 11 is 0. The third-order valence-corrected chi connectivity index (χ3v) is 9.69. The lowest BCUT2D eigenvalue weighted by Gasteiger charge is -2.37. The van der Waals surface area contributed by atoms with Crippen molar-refractivity contribution in [3.8, 4) is 0 Å². The molecule has 0 spiro atoms. The van der Waals surface area contributed by atoms with E-state index in [-0.39, 0.29) is 11.6 Å². The van der Waals surface area contributed by atoms with E-state index in [1.165, 1.54) is 7.11 Å². The van der Waals surface area contributed by atoms with E-state index in [1.54, 1.807) is 24.3 Å². The van der Waals surface area contributed by atoms with E-state index in [4.69, 9.17) is 18.6 Å². The molecule has 1 fully saturated rings. The molecule has 0 aliphatic carbocycles. The summed E-state index contributed by atoms with van der Waals surface area (Å²) in [4.78, 5) is 12.4. The monoisotopic (exact) mass is 382 g/mol. The van der Waals surface area contributed by atoms with Crippen molar-refractivity contribution in [2.75, 3.05) is 13.7 Å². The van der Waals surface area contributed by atoms with Crippen LogP contribution in [0.15, 0.2) is 30.3 Å². The highest BCUT2D eigenvalue weighted by molar-refractivity contribution is 6.74. The van der Waals surface area contributed by atoms with Crippen LogP contribution in [-0.2, 0) is 18.6 Å². The fraction of sp³-hybridized carbons (Fsp3) is 0.632. The first-order chi connectivity index (χ1) is 12.1. The molecule has 1 N–H and O–H groups in total. The SMILES string of the molecule is CO[C@H]1O[C@H](CO[Si](C)(C)C(C)(C)C)[C@@H](OC(=O)c2ccccc2)[C@H]1O. The molecule has 0 bridgehead atoms. The lowest BCUT2D eigenvalue weighted by Crippen LogP contribution is -2.45. The zero-order valence-electron chi connectivity index (χ0n) is 16.4. The number of carbonyl (C=O) groups is 1. The van der Waals surface area contributed by atoms with Crippen LogP contribution < -0.4 is 0 Å². The van der Waals surface area contributed by atoms with Crippen molar-refractivity contribution in [1.82, 2.24) is 0 Å². The van der Waals surface area contributed by atoms with Gasteiger partial charge in [0.05, 0.1) is 12.2 Å². The van der Waals surface area contributed by atoms with Crippen LogP contribution in [0.25, 0.3) is 0 Å². The number of methoxy groups -OCH3 is 1. The second-order valence-electron chi connectivity index (χ2n) is 8.08. The maximum Gasteiger partial charge on any atom is 0.338 e. The predicted molar refractivity (Wildman–Crippen MR) is 100 cm³/mol. The van der Waals surface area contributed by atoms with Gasteiger partial charge >= 0.3 is 5.97 Å². The molecule has 1 aromatic carbocycles. The molecule has 0 radical (unpaired) electrons. The number of ether oxygens (including phenoxy) is 3. The summed E-state index contributed by atoms with van der Waals surface area (Å²) < 4.78 is 22.6. The van der Waals surface area contributed by atoms with Crippen molar-refractivity contribution in [2.45, 2.75) is 63.5 Å². The molecular formula is C19H30O6Si. The summed E-state index contributed by atoms with van der Waals surface area (Å²) in [6.07, 6.45) is -3.36. The normalized spacial score (nSPS) is 26.7. The number of hydrogen-bond acceptors (Lipinski definition) is 6. The van der Waals surface area contributed by atoms with Crippen molar-refractivity contribution in [1.29, 1.82) is 0 Å². The fourth-order valence-corrected chi connectivity index (χ4v) is 3.47. The minimum atomic E-state index is -2.00. The molecule has 7 heteroatoms. The molecular weight excluding hydrogens is 352 g/mol. The van der Waals surface area contributed by atoms with Crippen molar-refractivity contribution < 1.29 is 28.5 Å². The van der Waals surface area contributed by atoms with Crippen LogP contribution in [0, 0.1) is 0 Å². The Kier molecular flexibility index (Phi) is 6.63. The predicted octanol–water partition coefficient (Wildman–Crippen LogP) is 2.97. The maximum atomic E-state index is 12.4. The van der Waals surface area contributed by atoms with Gasteiger partial charge in [0.2, 0.25) is 0 Å². The average molecular weight is 383 g/mol.